The van der Waals surface area contributed by atoms with Crippen LogP contribution in [0, 0.1) is 0 Å². The van der Waals surface area contributed by atoms with Crippen LogP contribution in [0.3, 0.4) is 0 Å². The van der Waals surface area contributed by atoms with Crippen molar-refractivity contribution in [2.75, 3.05) is 39.3 Å². The Hall–Kier alpha value is -1.26. The molecule has 0 radical (unpaired) electrons. The van der Waals surface area contributed by atoms with Gasteiger partial charge in [0.15, 0.2) is 6.61 Å². The molecular weight excluding hydrogens is 288 g/mol. The fraction of sp³-hybridized carbons (Fsp3) is 0.562. The summed E-state index contributed by atoms with van der Waals surface area (Å²) in [5, 5.41) is 0.664. The first kappa shape index (κ1) is 16.1. The summed E-state index contributed by atoms with van der Waals surface area (Å²) in [4.78, 5) is 16.4. The number of unbranched alkanes of at least 4 members (excludes halogenated alkanes) is 1. The topological polar surface area (TPSA) is 32.8 Å². The standard InChI is InChI=1S/C16H23ClN2O2/c1-2-3-8-18-9-11-19(12-10-18)16(20)13-21-15-6-4-14(17)5-7-15/h4-7H,2-3,8-13H2,1H3. The number of carbonyl (C=O) groups is 1. The minimum atomic E-state index is 0.0556. The first-order valence-corrected chi connectivity index (χ1v) is 7.95. The van der Waals surface area contributed by atoms with Gasteiger partial charge in [0.25, 0.3) is 5.91 Å². The molecule has 1 heterocycles. The average molecular weight is 311 g/mol. The predicted molar refractivity (Wildman–Crippen MR) is 84.9 cm³/mol. The third-order valence-corrected chi connectivity index (χ3v) is 3.98. The summed E-state index contributed by atoms with van der Waals surface area (Å²) in [6.07, 6.45) is 2.45. The van der Waals surface area contributed by atoms with E-state index in [9.17, 15) is 4.79 Å². The number of carbonyl (C=O) groups excluding carboxylic acids is 1. The Morgan fingerprint density at radius 1 is 1.19 bits per heavy atom. The first-order chi connectivity index (χ1) is 10.2. The zero-order valence-electron chi connectivity index (χ0n) is 12.6. The van der Waals surface area contributed by atoms with Crippen molar-refractivity contribution < 1.29 is 9.53 Å². The smallest absolute Gasteiger partial charge is 0.260 e. The summed E-state index contributed by atoms with van der Waals surface area (Å²) in [5.41, 5.74) is 0. The number of ether oxygens (including phenoxy) is 1. The number of hydrogen-bond acceptors (Lipinski definition) is 3. The maximum absolute atomic E-state index is 12.1. The molecule has 0 atom stereocenters. The van der Waals surface area contributed by atoms with Gasteiger partial charge >= 0.3 is 0 Å². The van der Waals surface area contributed by atoms with Crippen LogP contribution in [-0.2, 0) is 4.79 Å². The summed E-state index contributed by atoms with van der Waals surface area (Å²) in [6.45, 7) is 6.96. The van der Waals surface area contributed by atoms with Gasteiger partial charge in [0.1, 0.15) is 5.75 Å². The van der Waals surface area contributed by atoms with Gasteiger partial charge in [-0.1, -0.05) is 24.9 Å². The van der Waals surface area contributed by atoms with Gasteiger partial charge in [-0.15, -0.1) is 0 Å². The summed E-state index contributed by atoms with van der Waals surface area (Å²) in [6, 6.07) is 7.07. The fourth-order valence-corrected chi connectivity index (χ4v) is 2.50. The molecule has 0 unspecified atom stereocenters. The number of amides is 1. The van der Waals surface area contributed by atoms with E-state index in [2.05, 4.69) is 11.8 Å². The van der Waals surface area contributed by atoms with E-state index in [0.29, 0.717) is 10.8 Å². The summed E-state index contributed by atoms with van der Waals surface area (Å²) < 4.78 is 5.50. The molecule has 0 N–H and O–H groups in total. The number of halogens is 1. The quantitative estimate of drug-likeness (QED) is 0.810. The van der Waals surface area contributed by atoms with Gasteiger partial charge < -0.3 is 9.64 Å². The monoisotopic (exact) mass is 310 g/mol. The predicted octanol–water partition coefficient (Wildman–Crippen LogP) is 2.66. The normalized spacial score (nSPS) is 16.0. The number of rotatable bonds is 6. The van der Waals surface area contributed by atoms with Gasteiger partial charge in [0, 0.05) is 31.2 Å². The van der Waals surface area contributed by atoms with E-state index in [-0.39, 0.29) is 12.5 Å². The van der Waals surface area contributed by atoms with Crippen LogP contribution >= 0.6 is 11.6 Å². The maximum Gasteiger partial charge on any atom is 0.260 e. The van der Waals surface area contributed by atoms with Crippen LogP contribution in [0.25, 0.3) is 0 Å². The second-order valence-corrected chi connectivity index (χ2v) is 5.76. The molecule has 1 saturated heterocycles. The van der Waals surface area contributed by atoms with Crippen molar-refractivity contribution in [3.8, 4) is 5.75 Å². The van der Waals surface area contributed by atoms with Crippen LogP contribution in [0.5, 0.6) is 5.75 Å². The lowest BCUT2D eigenvalue weighted by Crippen LogP contribution is -2.50. The zero-order valence-corrected chi connectivity index (χ0v) is 13.3. The van der Waals surface area contributed by atoms with Gasteiger partial charge in [0.2, 0.25) is 0 Å². The highest BCUT2D eigenvalue weighted by Crippen LogP contribution is 2.15. The van der Waals surface area contributed by atoms with Gasteiger partial charge in [0.05, 0.1) is 0 Å². The minimum Gasteiger partial charge on any atom is -0.484 e. The SMILES string of the molecule is CCCCN1CCN(C(=O)COc2ccc(Cl)cc2)CC1. The minimum absolute atomic E-state index is 0.0556. The zero-order chi connectivity index (χ0) is 15.1. The van der Waals surface area contributed by atoms with Crippen molar-refractivity contribution in [3.05, 3.63) is 29.3 Å². The van der Waals surface area contributed by atoms with Crippen molar-refractivity contribution in [1.29, 1.82) is 0 Å². The summed E-state index contributed by atoms with van der Waals surface area (Å²) in [5.74, 6) is 0.731. The first-order valence-electron chi connectivity index (χ1n) is 7.57. The Labute approximate surface area is 131 Å². The molecule has 1 aromatic rings. The van der Waals surface area contributed by atoms with Gasteiger partial charge in [-0.05, 0) is 37.2 Å². The van der Waals surface area contributed by atoms with Gasteiger partial charge in [-0.2, -0.15) is 0 Å². The Morgan fingerprint density at radius 3 is 2.48 bits per heavy atom. The average Bonchev–Trinajstić information content (AvgIpc) is 2.52. The van der Waals surface area contributed by atoms with Crippen molar-refractivity contribution >= 4 is 17.5 Å². The molecule has 116 valence electrons. The molecule has 0 saturated carbocycles. The molecule has 5 heteroatoms. The third kappa shape index (κ3) is 5.21. The molecule has 1 aliphatic rings. The van der Waals surface area contributed by atoms with Crippen molar-refractivity contribution in [2.24, 2.45) is 0 Å². The Kier molecular flexibility index (Phi) is 6.33. The second-order valence-electron chi connectivity index (χ2n) is 5.32. The molecule has 4 nitrogen and oxygen atoms in total. The highest BCUT2D eigenvalue weighted by atomic mass is 35.5. The summed E-state index contributed by atoms with van der Waals surface area (Å²) >= 11 is 5.81. The fourth-order valence-electron chi connectivity index (χ4n) is 2.37. The molecule has 0 bridgehead atoms. The molecule has 1 fully saturated rings. The van der Waals surface area contributed by atoms with E-state index in [1.54, 1.807) is 24.3 Å². The number of piperazine rings is 1. The van der Waals surface area contributed by atoms with Crippen LogP contribution in [0.15, 0.2) is 24.3 Å². The molecule has 1 aliphatic heterocycles. The molecule has 21 heavy (non-hydrogen) atoms. The van der Waals surface area contributed by atoms with E-state index < -0.39 is 0 Å². The van der Waals surface area contributed by atoms with E-state index >= 15 is 0 Å². The molecule has 0 spiro atoms. The molecule has 0 aliphatic carbocycles. The largest absolute Gasteiger partial charge is 0.484 e. The lowest BCUT2D eigenvalue weighted by atomic mass is 10.2. The number of nitrogens with zero attached hydrogens (tertiary/aromatic N) is 2. The van der Waals surface area contributed by atoms with E-state index in [4.69, 9.17) is 16.3 Å². The van der Waals surface area contributed by atoms with Crippen LogP contribution in [0.2, 0.25) is 5.02 Å². The van der Waals surface area contributed by atoms with Crippen LogP contribution in [0.4, 0.5) is 0 Å². The maximum atomic E-state index is 12.1. The Bertz CT molecular complexity index is 442. The highest BCUT2D eigenvalue weighted by molar-refractivity contribution is 6.30. The summed E-state index contributed by atoms with van der Waals surface area (Å²) in [7, 11) is 0. The van der Waals surface area contributed by atoms with Gasteiger partial charge in [-0.3, -0.25) is 9.69 Å². The third-order valence-electron chi connectivity index (χ3n) is 3.73. The lowest BCUT2D eigenvalue weighted by Gasteiger charge is -2.34. The molecule has 2 rings (SSSR count). The second kappa shape index (κ2) is 8.25. The van der Waals surface area contributed by atoms with Gasteiger partial charge in [-0.25, -0.2) is 0 Å². The molecular formula is C16H23ClN2O2. The highest BCUT2D eigenvalue weighted by Gasteiger charge is 2.20. The van der Waals surface area contributed by atoms with Crippen molar-refractivity contribution in [3.63, 3.8) is 0 Å². The number of benzene rings is 1. The van der Waals surface area contributed by atoms with Crippen molar-refractivity contribution in [1.82, 2.24) is 9.80 Å². The van der Waals surface area contributed by atoms with Crippen LogP contribution in [0.1, 0.15) is 19.8 Å². The van der Waals surface area contributed by atoms with Crippen molar-refractivity contribution in [2.45, 2.75) is 19.8 Å². The molecule has 1 amide bonds. The van der Waals surface area contributed by atoms with E-state index in [1.807, 2.05) is 4.90 Å². The van der Waals surface area contributed by atoms with Crippen LogP contribution in [-0.4, -0.2) is 55.0 Å². The van der Waals surface area contributed by atoms with E-state index in [1.165, 1.54) is 12.8 Å². The van der Waals surface area contributed by atoms with Crippen LogP contribution < -0.4 is 4.74 Å². The van der Waals surface area contributed by atoms with E-state index in [0.717, 1.165) is 32.7 Å². The lowest BCUT2D eigenvalue weighted by molar-refractivity contribution is -0.135. The Balaban J connectivity index is 1.71. The Morgan fingerprint density at radius 2 is 1.86 bits per heavy atom. The molecule has 0 aromatic heterocycles. The molecule has 1 aromatic carbocycles. The number of hydrogen-bond donors (Lipinski definition) is 0.